The van der Waals surface area contributed by atoms with Gasteiger partial charge in [-0.3, -0.25) is 14.5 Å². The van der Waals surface area contributed by atoms with Gasteiger partial charge in [0.1, 0.15) is 5.75 Å². The minimum atomic E-state index is -0.154. The van der Waals surface area contributed by atoms with Crippen molar-refractivity contribution in [2.24, 2.45) is 23.2 Å². The Kier molecular flexibility index (Phi) is 11.7. The number of carbonyl (C=O) groups excluding carboxylic acids is 2. The van der Waals surface area contributed by atoms with E-state index in [1.54, 1.807) is 7.11 Å². The summed E-state index contributed by atoms with van der Waals surface area (Å²) in [7, 11) is 9.79. The van der Waals surface area contributed by atoms with Crippen molar-refractivity contribution in [2.45, 2.75) is 84.0 Å². The summed E-state index contributed by atoms with van der Waals surface area (Å²) in [6.45, 7) is 9.39. The number of ether oxygens (including phenoxy) is 1. The molecule has 0 aromatic heterocycles. The number of piperidine rings is 1. The summed E-state index contributed by atoms with van der Waals surface area (Å²) in [5.41, 5.74) is 6.03. The Hall–Kier alpha value is -3.88. The molecule has 8 heteroatoms. The van der Waals surface area contributed by atoms with Crippen LogP contribution in [0.5, 0.6) is 5.75 Å². The van der Waals surface area contributed by atoms with E-state index in [-0.39, 0.29) is 29.9 Å². The van der Waals surface area contributed by atoms with Crippen LogP contribution in [0.2, 0.25) is 0 Å². The molecule has 3 aliphatic carbocycles. The molecule has 0 radical (unpaired) electrons. The Morgan fingerprint density at radius 1 is 0.981 bits per heavy atom. The first kappa shape index (κ1) is 37.9. The van der Waals surface area contributed by atoms with Gasteiger partial charge < -0.3 is 25.2 Å². The average molecular weight is 708 g/mol. The highest BCUT2D eigenvalue weighted by molar-refractivity contribution is 5.97. The van der Waals surface area contributed by atoms with Gasteiger partial charge in [-0.1, -0.05) is 75.7 Å². The molecule has 7 rings (SSSR count). The third kappa shape index (κ3) is 8.18. The fraction of sp³-hybridized carbons (Fsp3) is 0.545. The molecule has 6 atom stereocenters. The molecule has 2 bridgehead atoms. The lowest BCUT2D eigenvalue weighted by molar-refractivity contribution is -0.139. The van der Waals surface area contributed by atoms with Crippen molar-refractivity contribution in [3.63, 3.8) is 0 Å². The van der Waals surface area contributed by atoms with Gasteiger partial charge >= 0.3 is 0 Å². The quantitative estimate of drug-likeness (QED) is 0.202. The van der Waals surface area contributed by atoms with Gasteiger partial charge in [-0.15, -0.1) is 0 Å². The highest BCUT2D eigenvalue weighted by Crippen LogP contribution is 2.61. The van der Waals surface area contributed by atoms with Gasteiger partial charge in [0.15, 0.2) is 0 Å². The second kappa shape index (κ2) is 16.0. The van der Waals surface area contributed by atoms with Crippen LogP contribution >= 0.6 is 0 Å². The lowest BCUT2D eigenvalue weighted by atomic mass is 9.45. The Labute approximate surface area is 312 Å². The Morgan fingerprint density at radius 3 is 2.42 bits per heavy atom. The second-order valence-corrected chi connectivity index (χ2v) is 16.8. The molecule has 52 heavy (non-hydrogen) atoms. The zero-order valence-corrected chi connectivity index (χ0v) is 32.7. The largest absolute Gasteiger partial charge is 0.496 e. The molecule has 1 aliphatic heterocycles. The topological polar surface area (TPSA) is 77.1 Å². The van der Waals surface area contributed by atoms with Crippen LogP contribution in [0.25, 0.3) is 11.1 Å². The summed E-state index contributed by atoms with van der Waals surface area (Å²) in [5, 5.41) is 6.87. The van der Waals surface area contributed by atoms with Crippen molar-refractivity contribution >= 4 is 17.5 Å². The van der Waals surface area contributed by atoms with E-state index in [9.17, 15) is 9.59 Å². The number of carbonyl (C=O) groups is 2. The number of hydrogen-bond donors (Lipinski definition) is 2. The number of hydrogen-bond acceptors (Lipinski definition) is 6. The number of likely N-dealkylation sites (tertiary alicyclic amines) is 1. The van der Waals surface area contributed by atoms with Gasteiger partial charge in [0.25, 0.3) is 5.91 Å². The molecule has 0 spiro atoms. The van der Waals surface area contributed by atoms with Gasteiger partial charge in [-0.25, -0.2) is 0 Å². The molecule has 2 N–H and O–H groups in total. The number of benzene rings is 3. The Balaban J connectivity index is 1.22. The minimum Gasteiger partial charge on any atom is -0.496 e. The molecule has 4 aliphatic rings. The van der Waals surface area contributed by atoms with E-state index in [2.05, 4.69) is 77.6 Å². The molecule has 280 valence electrons. The zero-order chi connectivity index (χ0) is 37.2. The molecule has 8 nitrogen and oxygen atoms in total. The van der Waals surface area contributed by atoms with E-state index in [1.165, 1.54) is 12.0 Å². The van der Waals surface area contributed by atoms with Gasteiger partial charge in [-0.05, 0) is 105 Å². The predicted octanol–water partition coefficient (Wildman–Crippen LogP) is 6.87. The molecule has 2 amide bonds. The molecule has 4 fully saturated rings. The number of fused-ring (bicyclic) bond motifs is 2. The van der Waals surface area contributed by atoms with Gasteiger partial charge in [0.2, 0.25) is 5.91 Å². The van der Waals surface area contributed by atoms with Crippen LogP contribution in [-0.2, 0) is 17.8 Å². The molecule has 3 aromatic carbocycles. The number of anilines is 1. The van der Waals surface area contributed by atoms with E-state index in [4.69, 9.17) is 4.74 Å². The molecular weight excluding hydrogens is 647 g/mol. The van der Waals surface area contributed by atoms with Crippen molar-refractivity contribution in [1.29, 1.82) is 0 Å². The Bertz CT molecular complexity index is 1710. The summed E-state index contributed by atoms with van der Waals surface area (Å²) < 4.78 is 6.17. The second-order valence-electron chi connectivity index (χ2n) is 16.8. The van der Waals surface area contributed by atoms with Gasteiger partial charge in [0.05, 0.1) is 13.2 Å². The molecular formula is C44H61N5O3. The maximum atomic E-state index is 14.0. The standard InChI is InChI=1S/C44H61N5O3/c1-29-38-25-34(44(38,2)3)26-39(29)46-43(51)40-19-12-13-20-49(40)27-31-17-14-18-37(41(31)52-8)32-22-33(24-36(23-32)48(6)7)42(50)45-35(28-47(4)5)21-30-15-10-9-11-16-30/h9-11,14-18,22-24,29,34-35,38-40H,12-13,19-21,25-28H2,1-8H3,(H,45,50)(H,46,51)/t29-,34-,35-,38-,39-,40-/m0/s1. The number of para-hydroxylation sites is 1. The fourth-order valence-corrected chi connectivity index (χ4v) is 9.42. The molecule has 0 unspecified atom stereocenters. The van der Waals surface area contributed by atoms with E-state index >= 15 is 0 Å². The summed E-state index contributed by atoms with van der Waals surface area (Å²) >= 11 is 0. The van der Waals surface area contributed by atoms with Crippen LogP contribution in [0, 0.1) is 23.2 Å². The SMILES string of the molecule is COc1c(CN2CCCC[C@H]2C(=O)N[C@H]2C[C@@H]3C[C@@H]([C@@H]2C)C3(C)C)cccc1-c1cc(C(=O)N[C@@H](Cc2ccccc2)CN(C)C)cc(N(C)C)c1. The number of nitrogens with zero attached hydrogens (tertiary/aromatic N) is 3. The normalized spacial score (nSPS) is 24.4. The lowest BCUT2D eigenvalue weighted by Crippen LogP contribution is -2.62. The number of amides is 2. The van der Waals surface area contributed by atoms with Gasteiger partial charge in [0, 0.05) is 61.6 Å². The highest BCUT2D eigenvalue weighted by atomic mass is 16.5. The summed E-state index contributed by atoms with van der Waals surface area (Å²) in [4.78, 5) is 34.4. The van der Waals surface area contributed by atoms with E-state index in [0.717, 1.165) is 73.3 Å². The summed E-state index contributed by atoms with van der Waals surface area (Å²) in [6, 6.07) is 22.7. The van der Waals surface area contributed by atoms with Crippen molar-refractivity contribution < 1.29 is 14.3 Å². The first-order valence-corrected chi connectivity index (χ1v) is 19.4. The minimum absolute atomic E-state index is 0.0530. The summed E-state index contributed by atoms with van der Waals surface area (Å²) in [6.07, 6.45) is 6.15. The number of likely N-dealkylation sites (N-methyl/N-ethyl adjacent to an activating group) is 1. The average Bonchev–Trinajstić information content (AvgIpc) is 3.12. The monoisotopic (exact) mass is 707 g/mol. The predicted molar refractivity (Wildman–Crippen MR) is 212 cm³/mol. The maximum absolute atomic E-state index is 14.0. The highest BCUT2D eigenvalue weighted by Gasteiger charge is 2.56. The molecule has 3 aromatic rings. The summed E-state index contributed by atoms with van der Waals surface area (Å²) in [5.74, 6) is 2.77. The van der Waals surface area contributed by atoms with Crippen LogP contribution in [0.15, 0.2) is 66.7 Å². The Morgan fingerprint density at radius 2 is 1.75 bits per heavy atom. The fourth-order valence-electron chi connectivity index (χ4n) is 9.42. The van der Waals surface area contributed by atoms with Crippen LogP contribution in [0.3, 0.4) is 0 Å². The molecule has 1 saturated heterocycles. The van der Waals surface area contributed by atoms with Crippen molar-refractivity contribution in [2.75, 3.05) is 53.3 Å². The first-order chi connectivity index (χ1) is 24.8. The third-order valence-corrected chi connectivity index (χ3v) is 12.5. The van der Waals surface area contributed by atoms with E-state index in [1.807, 2.05) is 63.4 Å². The number of rotatable bonds is 13. The zero-order valence-electron chi connectivity index (χ0n) is 32.7. The van der Waals surface area contributed by atoms with Crippen LogP contribution < -0.4 is 20.3 Å². The van der Waals surface area contributed by atoms with Crippen LogP contribution in [0.4, 0.5) is 5.69 Å². The molecule has 1 heterocycles. The number of methoxy groups -OCH3 is 1. The van der Waals surface area contributed by atoms with E-state index < -0.39 is 0 Å². The third-order valence-electron chi connectivity index (χ3n) is 12.5. The smallest absolute Gasteiger partial charge is 0.251 e. The lowest BCUT2D eigenvalue weighted by Gasteiger charge is -2.62. The van der Waals surface area contributed by atoms with Crippen molar-refractivity contribution in [1.82, 2.24) is 20.4 Å². The van der Waals surface area contributed by atoms with Crippen LogP contribution in [-0.4, -0.2) is 88.1 Å². The first-order valence-electron chi connectivity index (χ1n) is 19.4. The maximum Gasteiger partial charge on any atom is 0.251 e. The van der Waals surface area contributed by atoms with Crippen molar-refractivity contribution in [3.05, 3.63) is 83.4 Å². The van der Waals surface area contributed by atoms with Crippen molar-refractivity contribution in [3.8, 4) is 16.9 Å². The number of nitrogens with one attached hydrogen (secondary N) is 2. The van der Waals surface area contributed by atoms with Gasteiger partial charge in [-0.2, -0.15) is 0 Å². The molecule has 3 saturated carbocycles. The van der Waals surface area contributed by atoms with E-state index in [0.29, 0.717) is 35.3 Å². The van der Waals surface area contributed by atoms with Crippen LogP contribution in [0.1, 0.15) is 74.4 Å².